The van der Waals surface area contributed by atoms with E-state index in [1.165, 1.54) is 0 Å². The molecule has 2 fully saturated rings. The van der Waals surface area contributed by atoms with Gasteiger partial charge in [-0.05, 0) is 25.7 Å². The first-order valence-corrected chi connectivity index (χ1v) is 6.67. The first-order chi connectivity index (χ1) is 8.31. The molecule has 0 radical (unpaired) electrons. The molecule has 17 heavy (non-hydrogen) atoms. The molecule has 2 saturated heterocycles. The lowest BCUT2D eigenvalue weighted by molar-refractivity contribution is 0.0162. The van der Waals surface area contributed by atoms with Crippen molar-refractivity contribution < 1.29 is 9.53 Å². The molecule has 0 aromatic carbocycles. The van der Waals surface area contributed by atoms with Gasteiger partial charge in [-0.15, -0.1) is 0 Å². The second-order valence-electron chi connectivity index (χ2n) is 4.82. The molecule has 0 bridgehead atoms. The van der Waals surface area contributed by atoms with Gasteiger partial charge in [-0.25, -0.2) is 4.79 Å². The number of hydrogen-bond donors (Lipinski definition) is 1. The molecule has 0 aliphatic carbocycles. The van der Waals surface area contributed by atoms with Crippen molar-refractivity contribution >= 4 is 6.03 Å². The molecule has 0 aromatic heterocycles. The fraction of sp³-hybridized carbons (Fsp3) is 0.917. The second-order valence-corrected chi connectivity index (χ2v) is 4.82. The number of carbonyl (C=O) groups is 1. The van der Waals surface area contributed by atoms with Gasteiger partial charge in [-0.3, -0.25) is 0 Å². The van der Waals surface area contributed by atoms with E-state index in [2.05, 4.69) is 0 Å². The van der Waals surface area contributed by atoms with Crippen LogP contribution in [-0.4, -0.2) is 61.3 Å². The quantitative estimate of drug-likeness (QED) is 0.789. The monoisotopic (exact) mass is 241 g/mol. The van der Waals surface area contributed by atoms with Gasteiger partial charge in [0.25, 0.3) is 0 Å². The smallest absolute Gasteiger partial charge is 0.320 e. The average Bonchev–Trinajstić information content (AvgIpc) is 2.90. The lowest BCUT2D eigenvalue weighted by atomic mass is 10.1. The maximum absolute atomic E-state index is 12.1. The minimum absolute atomic E-state index is 0.222. The van der Waals surface area contributed by atoms with Crippen LogP contribution in [0.25, 0.3) is 0 Å². The van der Waals surface area contributed by atoms with Crippen molar-refractivity contribution in [3.8, 4) is 0 Å². The SMILES string of the molecule is NCCOC1CCN(C(=O)N2CCCC2)CC1. The molecule has 2 aliphatic rings. The van der Waals surface area contributed by atoms with E-state index in [-0.39, 0.29) is 6.03 Å². The molecule has 0 spiro atoms. The Labute approximate surface area is 103 Å². The van der Waals surface area contributed by atoms with Gasteiger partial charge in [-0.1, -0.05) is 0 Å². The van der Waals surface area contributed by atoms with E-state index < -0.39 is 0 Å². The molecular formula is C12H23N3O2. The fourth-order valence-electron chi connectivity index (χ4n) is 2.56. The summed E-state index contributed by atoms with van der Waals surface area (Å²) in [5.74, 6) is 0. The zero-order valence-corrected chi connectivity index (χ0v) is 10.4. The van der Waals surface area contributed by atoms with Crippen LogP contribution in [0.4, 0.5) is 4.79 Å². The Balaban J connectivity index is 1.72. The summed E-state index contributed by atoms with van der Waals surface area (Å²) < 4.78 is 5.61. The number of rotatable bonds is 3. The fourth-order valence-corrected chi connectivity index (χ4v) is 2.56. The van der Waals surface area contributed by atoms with Crippen molar-refractivity contribution in [2.75, 3.05) is 39.3 Å². The summed E-state index contributed by atoms with van der Waals surface area (Å²) in [6, 6.07) is 0.222. The number of likely N-dealkylation sites (tertiary alicyclic amines) is 2. The number of piperidine rings is 1. The summed E-state index contributed by atoms with van der Waals surface area (Å²) in [5, 5.41) is 0. The minimum Gasteiger partial charge on any atom is -0.377 e. The number of amides is 2. The van der Waals surface area contributed by atoms with Crippen LogP contribution in [-0.2, 0) is 4.74 Å². The zero-order chi connectivity index (χ0) is 12.1. The Hall–Kier alpha value is -0.810. The summed E-state index contributed by atoms with van der Waals surface area (Å²) >= 11 is 0. The summed E-state index contributed by atoms with van der Waals surface area (Å²) in [6.45, 7) is 4.72. The number of nitrogens with zero attached hydrogens (tertiary/aromatic N) is 2. The molecule has 5 nitrogen and oxygen atoms in total. The minimum atomic E-state index is 0.222. The number of nitrogens with two attached hydrogens (primary N) is 1. The van der Waals surface area contributed by atoms with Crippen LogP contribution >= 0.6 is 0 Å². The van der Waals surface area contributed by atoms with Gasteiger partial charge in [-0.2, -0.15) is 0 Å². The van der Waals surface area contributed by atoms with E-state index in [1.54, 1.807) is 0 Å². The summed E-state index contributed by atoms with van der Waals surface area (Å²) in [7, 11) is 0. The van der Waals surface area contributed by atoms with Crippen molar-refractivity contribution in [3.63, 3.8) is 0 Å². The van der Waals surface area contributed by atoms with Crippen LogP contribution in [0.2, 0.25) is 0 Å². The van der Waals surface area contributed by atoms with Crippen molar-refractivity contribution in [2.45, 2.75) is 31.8 Å². The summed E-state index contributed by atoms with van der Waals surface area (Å²) in [4.78, 5) is 16.1. The molecule has 0 saturated carbocycles. The largest absolute Gasteiger partial charge is 0.377 e. The second kappa shape index (κ2) is 6.21. The number of carbonyl (C=O) groups excluding carboxylic acids is 1. The van der Waals surface area contributed by atoms with E-state index in [0.29, 0.717) is 19.3 Å². The predicted molar refractivity (Wildman–Crippen MR) is 65.8 cm³/mol. The van der Waals surface area contributed by atoms with Gasteiger partial charge in [0.2, 0.25) is 0 Å². The van der Waals surface area contributed by atoms with E-state index >= 15 is 0 Å². The molecule has 2 rings (SSSR count). The normalized spacial score (nSPS) is 22.2. The van der Waals surface area contributed by atoms with E-state index in [0.717, 1.165) is 51.9 Å². The highest BCUT2D eigenvalue weighted by molar-refractivity contribution is 5.74. The summed E-state index contributed by atoms with van der Waals surface area (Å²) in [5.41, 5.74) is 5.41. The predicted octanol–water partition coefficient (Wildman–Crippen LogP) is 0.642. The van der Waals surface area contributed by atoms with Gasteiger partial charge in [0.05, 0.1) is 12.7 Å². The van der Waals surface area contributed by atoms with Crippen LogP contribution in [0.15, 0.2) is 0 Å². The van der Waals surface area contributed by atoms with Gasteiger partial charge in [0, 0.05) is 32.7 Å². The molecule has 2 heterocycles. The molecule has 2 aliphatic heterocycles. The third-order valence-corrected chi connectivity index (χ3v) is 3.56. The van der Waals surface area contributed by atoms with Crippen molar-refractivity contribution in [2.24, 2.45) is 5.73 Å². The van der Waals surface area contributed by atoms with Crippen LogP contribution in [0.5, 0.6) is 0 Å². The van der Waals surface area contributed by atoms with Crippen LogP contribution in [0.3, 0.4) is 0 Å². The first-order valence-electron chi connectivity index (χ1n) is 6.67. The molecule has 2 N–H and O–H groups in total. The van der Waals surface area contributed by atoms with Crippen LogP contribution < -0.4 is 5.73 Å². The number of hydrogen-bond acceptors (Lipinski definition) is 3. The maximum Gasteiger partial charge on any atom is 0.320 e. The molecule has 98 valence electrons. The number of urea groups is 1. The van der Waals surface area contributed by atoms with Crippen LogP contribution in [0, 0.1) is 0 Å². The Morgan fingerprint density at radius 3 is 2.29 bits per heavy atom. The topological polar surface area (TPSA) is 58.8 Å². The zero-order valence-electron chi connectivity index (χ0n) is 10.4. The highest BCUT2D eigenvalue weighted by Gasteiger charge is 2.27. The Morgan fingerprint density at radius 1 is 1.12 bits per heavy atom. The third kappa shape index (κ3) is 3.33. The van der Waals surface area contributed by atoms with Gasteiger partial charge in [0.1, 0.15) is 0 Å². The highest BCUT2D eigenvalue weighted by atomic mass is 16.5. The molecule has 0 atom stereocenters. The van der Waals surface area contributed by atoms with E-state index in [9.17, 15) is 4.79 Å². The lowest BCUT2D eigenvalue weighted by Crippen LogP contribution is -2.47. The van der Waals surface area contributed by atoms with Gasteiger partial charge in [0.15, 0.2) is 0 Å². The Kier molecular flexibility index (Phi) is 4.62. The Bertz CT molecular complexity index is 246. The van der Waals surface area contributed by atoms with Gasteiger partial charge >= 0.3 is 6.03 Å². The molecule has 2 amide bonds. The lowest BCUT2D eigenvalue weighted by Gasteiger charge is -2.34. The molecular weight excluding hydrogens is 218 g/mol. The molecule has 0 aromatic rings. The van der Waals surface area contributed by atoms with E-state index in [1.807, 2.05) is 9.80 Å². The standard InChI is InChI=1S/C12H23N3O2/c13-5-10-17-11-3-8-15(9-4-11)12(16)14-6-1-2-7-14/h11H,1-10,13H2. The summed E-state index contributed by atoms with van der Waals surface area (Å²) in [6.07, 6.45) is 4.49. The highest BCUT2D eigenvalue weighted by Crippen LogP contribution is 2.17. The molecule has 0 unspecified atom stereocenters. The third-order valence-electron chi connectivity index (χ3n) is 3.56. The van der Waals surface area contributed by atoms with Crippen molar-refractivity contribution in [3.05, 3.63) is 0 Å². The first kappa shape index (κ1) is 12.6. The van der Waals surface area contributed by atoms with Crippen molar-refractivity contribution in [1.29, 1.82) is 0 Å². The average molecular weight is 241 g/mol. The van der Waals surface area contributed by atoms with E-state index in [4.69, 9.17) is 10.5 Å². The Morgan fingerprint density at radius 2 is 1.71 bits per heavy atom. The molecule has 5 heteroatoms. The number of ether oxygens (including phenoxy) is 1. The van der Waals surface area contributed by atoms with Crippen molar-refractivity contribution in [1.82, 2.24) is 9.80 Å². The van der Waals surface area contributed by atoms with Crippen LogP contribution in [0.1, 0.15) is 25.7 Å². The van der Waals surface area contributed by atoms with Gasteiger partial charge < -0.3 is 20.3 Å². The maximum atomic E-state index is 12.1.